The van der Waals surface area contributed by atoms with Gasteiger partial charge in [0.05, 0.1) is 5.60 Å². The summed E-state index contributed by atoms with van der Waals surface area (Å²) in [6.07, 6.45) is 3.36. The maximum Gasteiger partial charge on any atom is 0.0810 e. The SMILES string of the molecule is CCNC(Cc1ccc(Br)cc1)C1(C)CCCO1. The highest BCUT2D eigenvalue weighted by Gasteiger charge is 2.37. The summed E-state index contributed by atoms with van der Waals surface area (Å²) in [4.78, 5) is 0. The van der Waals surface area contributed by atoms with Crippen LogP contribution in [0.4, 0.5) is 0 Å². The van der Waals surface area contributed by atoms with E-state index in [0.717, 1.165) is 30.5 Å². The molecule has 0 aromatic heterocycles. The Morgan fingerprint density at radius 1 is 1.39 bits per heavy atom. The summed E-state index contributed by atoms with van der Waals surface area (Å²) < 4.78 is 7.11. The van der Waals surface area contributed by atoms with Gasteiger partial charge in [0.2, 0.25) is 0 Å². The maximum atomic E-state index is 5.98. The van der Waals surface area contributed by atoms with Gasteiger partial charge in [-0.2, -0.15) is 0 Å². The van der Waals surface area contributed by atoms with Crippen LogP contribution in [0.5, 0.6) is 0 Å². The van der Waals surface area contributed by atoms with Crippen molar-refractivity contribution < 1.29 is 4.74 Å². The van der Waals surface area contributed by atoms with Crippen LogP contribution in [0.25, 0.3) is 0 Å². The number of hydrogen-bond donors (Lipinski definition) is 1. The zero-order valence-electron chi connectivity index (χ0n) is 11.2. The van der Waals surface area contributed by atoms with Crippen LogP contribution >= 0.6 is 15.9 Å². The van der Waals surface area contributed by atoms with E-state index in [9.17, 15) is 0 Å². The fourth-order valence-corrected chi connectivity index (χ4v) is 2.95. The molecule has 0 spiro atoms. The van der Waals surface area contributed by atoms with E-state index >= 15 is 0 Å². The molecule has 3 heteroatoms. The van der Waals surface area contributed by atoms with E-state index in [1.165, 1.54) is 12.0 Å². The van der Waals surface area contributed by atoms with Crippen LogP contribution in [-0.2, 0) is 11.2 Å². The van der Waals surface area contributed by atoms with Gasteiger partial charge >= 0.3 is 0 Å². The predicted molar refractivity (Wildman–Crippen MR) is 78.9 cm³/mol. The number of hydrogen-bond acceptors (Lipinski definition) is 2. The van der Waals surface area contributed by atoms with E-state index in [0.29, 0.717) is 6.04 Å². The molecule has 1 N–H and O–H groups in total. The molecule has 18 heavy (non-hydrogen) atoms. The molecule has 1 aromatic carbocycles. The quantitative estimate of drug-likeness (QED) is 0.898. The third-order valence-corrected chi connectivity index (χ3v) is 4.32. The number of nitrogens with one attached hydrogen (secondary N) is 1. The van der Waals surface area contributed by atoms with Crippen molar-refractivity contribution >= 4 is 15.9 Å². The van der Waals surface area contributed by atoms with Crippen molar-refractivity contribution in [3.63, 3.8) is 0 Å². The average Bonchev–Trinajstić information content (AvgIpc) is 2.80. The largest absolute Gasteiger partial charge is 0.374 e. The second-order valence-electron chi connectivity index (χ2n) is 5.21. The summed E-state index contributed by atoms with van der Waals surface area (Å²) in [5.41, 5.74) is 1.35. The zero-order valence-corrected chi connectivity index (χ0v) is 12.8. The molecule has 2 rings (SSSR count). The lowest BCUT2D eigenvalue weighted by molar-refractivity contribution is -0.0110. The van der Waals surface area contributed by atoms with Crippen LogP contribution in [0.2, 0.25) is 0 Å². The fraction of sp³-hybridized carbons (Fsp3) is 0.600. The molecule has 0 bridgehead atoms. The molecular weight excluding hydrogens is 290 g/mol. The summed E-state index contributed by atoms with van der Waals surface area (Å²) >= 11 is 3.48. The van der Waals surface area contributed by atoms with Crippen LogP contribution in [-0.4, -0.2) is 24.8 Å². The van der Waals surface area contributed by atoms with Crippen molar-refractivity contribution in [2.75, 3.05) is 13.2 Å². The molecule has 0 radical (unpaired) electrons. The highest BCUT2D eigenvalue weighted by molar-refractivity contribution is 9.10. The number of benzene rings is 1. The molecule has 1 fully saturated rings. The lowest BCUT2D eigenvalue weighted by atomic mass is 9.88. The highest BCUT2D eigenvalue weighted by atomic mass is 79.9. The minimum absolute atomic E-state index is 0.0108. The van der Waals surface area contributed by atoms with Crippen molar-refractivity contribution in [3.8, 4) is 0 Å². The van der Waals surface area contributed by atoms with Gasteiger partial charge in [0.15, 0.2) is 0 Å². The Bertz CT molecular complexity index is 371. The van der Waals surface area contributed by atoms with Crippen LogP contribution in [0.1, 0.15) is 32.3 Å². The molecule has 2 atom stereocenters. The van der Waals surface area contributed by atoms with Crippen LogP contribution in [0.15, 0.2) is 28.7 Å². The first-order chi connectivity index (χ1) is 8.64. The van der Waals surface area contributed by atoms with Crippen molar-refractivity contribution in [2.45, 2.75) is 44.8 Å². The van der Waals surface area contributed by atoms with Gasteiger partial charge < -0.3 is 10.1 Å². The number of halogens is 1. The maximum absolute atomic E-state index is 5.98. The van der Waals surface area contributed by atoms with Crippen molar-refractivity contribution in [1.29, 1.82) is 0 Å². The predicted octanol–water partition coefficient (Wildman–Crippen LogP) is 3.54. The van der Waals surface area contributed by atoms with Crippen molar-refractivity contribution in [3.05, 3.63) is 34.3 Å². The molecule has 0 amide bonds. The van der Waals surface area contributed by atoms with E-state index < -0.39 is 0 Å². The van der Waals surface area contributed by atoms with Crippen LogP contribution < -0.4 is 5.32 Å². The van der Waals surface area contributed by atoms with Crippen LogP contribution in [0, 0.1) is 0 Å². The summed E-state index contributed by atoms with van der Waals surface area (Å²) in [6.45, 7) is 6.29. The first-order valence-corrected chi connectivity index (χ1v) is 7.55. The fourth-order valence-electron chi connectivity index (χ4n) is 2.68. The molecule has 1 aliphatic rings. The molecule has 1 aliphatic heterocycles. The third kappa shape index (κ3) is 3.34. The standard InChI is InChI=1S/C15H22BrNO/c1-3-17-14(15(2)9-4-10-18-15)11-12-5-7-13(16)8-6-12/h5-8,14,17H,3-4,9-11H2,1-2H3. The zero-order chi connectivity index (χ0) is 13.0. The second-order valence-corrected chi connectivity index (χ2v) is 6.12. The van der Waals surface area contributed by atoms with E-state index in [-0.39, 0.29) is 5.60 Å². The Balaban J connectivity index is 2.08. The number of ether oxygens (including phenoxy) is 1. The lowest BCUT2D eigenvalue weighted by Gasteiger charge is -2.34. The third-order valence-electron chi connectivity index (χ3n) is 3.79. The van der Waals surface area contributed by atoms with Gasteiger partial charge in [-0.3, -0.25) is 0 Å². The highest BCUT2D eigenvalue weighted by Crippen LogP contribution is 2.30. The minimum Gasteiger partial charge on any atom is -0.374 e. The van der Waals surface area contributed by atoms with Gasteiger partial charge in [-0.05, 0) is 50.4 Å². The average molecular weight is 312 g/mol. The molecule has 0 aliphatic carbocycles. The van der Waals surface area contributed by atoms with Gasteiger partial charge in [0.1, 0.15) is 0 Å². The van der Waals surface area contributed by atoms with Gasteiger partial charge in [0, 0.05) is 17.1 Å². The summed E-state index contributed by atoms with van der Waals surface area (Å²) in [5, 5.41) is 3.59. The number of likely N-dealkylation sites (N-methyl/N-ethyl adjacent to an activating group) is 1. The van der Waals surface area contributed by atoms with Gasteiger partial charge in [-0.1, -0.05) is 35.0 Å². The topological polar surface area (TPSA) is 21.3 Å². The molecule has 100 valence electrons. The van der Waals surface area contributed by atoms with Gasteiger partial charge in [0.25, 0.3) is 0 Å². The van der Waals surface area contributed by atoms with E-state index in [1.54, 1.807) is 0 Å². The van der Waals surface area contributed by atoms with Gasteiger partial charge in [-0.15, -0.1) is 0 Å². The second kappa shape index (κ2) is 6.18. The number of rotatable bonds is 5. The van der Waals surface area contributed by atoms with Crippen molar-refractivity contribution in [2.24, 2.45) is 0 Å². The molecule has 0 saturated carbocycles. The lowest BCUT2D eigenvalue weighted by Crippen LogP contribution is -2.49. The monoisotopic (exact) mass is 311 g/mol. The summed E-state index contributed by atoms with van der Waals surface area (Å²) in [5.74, 6) is 0. The van der Waals surface area contributed by atoms with Crippen molar-refractivity contribution in [1.82, 2.24) is 5.32 Å². The summed E-state index contributed by atoms with van der Waals surface area (Å²) in [7, 11) is 0. The molecule has 2 nitrogen and oxygen atoms in total. The first kappa shape index (κ1) is 14.0. The van der Waals surface area contributed by atoms with Gasteiger partial charge in [-0.25, -0.2) is 0 Å². The Morgan fingerprint density at radius 2 is 2.11 bits per heavy atom. The van der Waals surface area contributed by atoms with Crippen LogP contribution in [0.3, 0.4) is 0 Å². The smallest absolute Gasteiger partial charge is 0.0810 e. The summed E-state index contributed by atoms with van der Waals surface area (Å²) in [6, 6.07) is 8.98. The minimum atomic E-state index is -0.0108. The molecule has 1 heterocycles. The first-order valence-electron chi connectivity index (χ1n) is 6.76. The Kier molecular flexibility index (Phi) is 4.82. The van der Waals surface area contributed by atoms with E-state index in [2.05, 4.69) is 59.4 Å². The Hall–Kier alpha value is -0.380. The molecule has 2 unspecified atom stereocenters. The molecular formula is C15H22BrNO. The molecule has 1 aromatic rings. The Labute approximate surface area is 118 Å². The van der Waals surface area contributed by atoms with E-state index in [4.69, 9.17) is 4.74 Å². The normalized spacial score (nSPS) is 25.3. The molecule has 1 saturated heterocycles. The van der Waals surface area contributed by atoms with E-state index in [1.807, 2.05) is 0 Å². The Morgan fingerprint density at radius 3 is 2.67 bits per heavy atom.